The Bertz CT molecular complexity index is 531. The second kappa shape index (κ2) is 10.9. The smallest absolute Gasteiger partial charge is 0.255 e. The molecule has 2 rings (SSSR count). The summed E-state index contributed by atoms with van der Waals surface area (Å²) >= 11 is 0. The molecule has 1 aliphatic rings. The van der Waals surface area contributed by atoms with Gasteiger partial charge in [-0.15, -0.1) is 0 Å². The Morgan fingerprint density at radius 2 is 1.76 bits per heavy atom. The molecule has 0 heterocycles. The third kappa shape index (κ3) is 7.32. The molecule has 0 bridgehead atoms. The van der Waals surface area contributed by atoms with E-state index in [-0.39, 0.29) is 23.0 Å². The average Bonchev–Trinajstić information content (AvgIpc) is 2.61. The maximum absolute atomic E-state index is 11.9. The molecule has 5 N–H and O–H groups in total. The van der Waals surface area contributed by atoms with Crippen LogP contribution < -0.4 is 16.0 Å². The third-order valence-corrected chi connectivity index (χ3v) is 4.63. The van der Waals surface area contributed by atoms with E-state index in [9.17, 15) is 15.0 Å². The number of unbranched alkanes of at least 4 members (excludes halogenated alkanes) is 1. The fourth-order valence-corrected chi connectivity index (χ4v) is 3.18. The predicted molar refractivity (Wildman–Crippen MR) is 99.1 cm³/mol. The zero-order valence-corrected chi connectivity index (χ0v) is 14.9. The maximum atomic E-state index is 11.9. The van der Waals surface area contributed by atoms with E-state index < -0.39 is 0 Å². The van der Waals surface area contributed by atoms with Gasteiger partial charge in [-0.25, -0.2) is 0 Å². The fraction of sp³-hybridized carbons (Fsp3) is 0.632. The van der Waals surface area contributed by atoms with Gasteiger partial charge in [0.2, 0.25) is 0 Å². The van der Waals surface area contributed by atoms with Crippen LogP contribution in [0.15, 0.2) is 18.2 Å². The molecule has 0 unspecified atom stereocenters. The van der Waals surface area contributed by atoms with Crippen LogP contribution in [0.4, 0.5) is 0 Å². The second-order valence-corrected chi connectivity index (χ2v) is 6.70. The molecular weight excluding hydrogens is 318 g/mol. The molecule has 1 aliphatic carbocycles. The highest BCUT2D eigenvalue weighted by Gasteiger charge is 2.12. The Hall–Kier alpha value is -1.79. The Labute approximate surface area is 150 Å². The summed E-state index contributed by atoms with van der Waals surface area (Å²) in [5, 5.41) is 28.7. The molecule has 25 heavy (non-hydrogen) atoms. The molecule has 0 radical (unpaired) electrons. The summed E-state index contributed by atoms with van der Waals surface area (Å²) in [4.78, 5) is 11.9. The zero-order valence-electron chi connectivity index (χ0n) is 14.9. The quantitative estimate of drug-likeness (QED) is 0.417. The Kier molecular flexibility index (Phi) is 8.55. The van der Waals surface area contributed by atoms with Gasteiger partial charge in [0.05, 0.1) is 5.56 Å². The van der Waals surface area contributed by atoms with Gasteiger partial charge in [-0.05, 0) is 44.4 Å². The minimum Gasteiger partial charge on any atom is -0.508 e. The molecule has 1 amide bonds. The summed E-state index contributed by atoms with van der Waals surface area (Å²) in [5.41, 5.74) is 0.185. The third-order valence-electron chi connectivity index (χ3n) is 4.63. The predicted octanol–water partition coefficient (Wildman–Crippen LogP) is 2.12. The SMILES string of the molecule is O=C(NCCCCNCCNC1CCCCC1)c1ccc(O)cc1O. The molecule has 140 valence electrons. The van der Waals surface area contributed by atoms with Crippen molar-refractivity contribution in [2.45, 2.75) is 51.0 Å². The van der Waals surface area contributed by atoms with Crippen molar-refractivity contribution in [1.82, 2.24) is 16.0 Å². The Morgan fingerprint density at radius 1 is 1.00 bits per heavy atom. The van der Waals surface area contributed by atoms with Gasteiger partial charge in [-0.1, -0.05) is 19.3 Å². The molecular formula is C19H31N3O3. The zero-order chi connectivity index (χ0) is 17.9. The molecule has 0 aliphatic heterocycles. The molecule has 0 spiro atoms. The van der Waals surface area contributed by atoms with Gasteiger partial charge >= 0.3 is 0 Å². The first-order valence-electron chi connectivity index (χ1n) is 9.41. The number of amides is 1. The van der Waals surface area contributed by atoms with Crippen molar-refractivity contribution in [3.8, 4) is 11.5 Å². The van der Waals surface area contributed by atoms with Crippen molar-refractivity contribution in [2.75, 3.05) is 26.2 Å². The van der Waals surface area contributed by atoms with Gasteiger partial charge in [-0.3, -0.25) is 4.79 Å². The normalized spacial score (nSPS) is 15.2. The fourth-order valence-electron chi connectivity index (χ4n) is 3.18. The number of rotatable bonds is 10. The van der Waals surface area contributed by atoms with Crippen molar-refractivity contribution in [3.05, 3.63) is 23.8 Å². The highest BCUT2D eigenvalue weighted by atomic mass is 16.3. The first-order valence-corrected chi connectivity index (χ1v) is 9.41. The number of hydrogen-bond donors (Lipinski definition) is 5. The van der Waals surface area contributed by atoms with E-state index in [2.05, 4.69) is 16.0 Å². The molecule has 0 aromatic heterocycles. The average molecular weight is 349 g/mol. The van der Waals surface area contributed by atoms with E-state index in [1.54, 1.807) is 0 Å². The van der Waals surface area contributed by atoms with Crippen LogP contribution in [-0.4, -0.2) is 48.3 Å². The van der Waals surface area contributed by atoms with Crippen molar-refractivity contribution in [3.63, 3.8) is 0 Å². The van der Waals surface area contributed by atoms with Gasteiger partial charge in [0.1, 0.15) is 11.5 Å². The lowest BCUT2D eigenvalue weighted by atomic mass is 9.95. The van der Waals surface area contributed by atoms with Gasteiger partial charge in [0, 0.05) is 31.7 Å². The topological polar surface area (TPSA) is 93.6 Å². The largest absolute Gasteiger partial charge is 0.508 e. The van der Waals surface area contributed by atoms with Crippen molar-refractivity contribution < 1.29 is 15.0 Å². The van der Waals surface area contributed by atoms with Crippen LogP contribution in [0.2, 0.25) is 0 Å². The number of nitrogens with one attached hydrogen (secondary N) is 3. The molecule has 1 aromatic rings. The van der Waals surface area contributed by atoms with Crippen molar-refractivity contribution >= 4 is 5.91 Å². The minimum absolute atomic E-state index is 0.0573. The molecule has 6 heteroatoms. The van der Waals surface area contributed by atoms with E-state index in [1.807, 2.05) is 0 Å². The Balaban J connectivity index is 1.45. The molecule has 0 saturated heterocycles. The minimum atomic E-state index is -0.317. The first-order chi connectivity index (χ1) is 12.2. The monoisotopic (exact) mass is 349 g/mol. The molecule has 1 aromatic carbocycles. The van der Waals surface area contributed by atoms with E-state index in [4.69, 9.17) is 0 Å². The highest BCUT2D eigenvalue weighted by Crippen LogP contribution is 2.22. The number of phenols is 2. The molecule has 0 atom stereocenters. The van der Waals surface area contributed by atoms with E-state index in [0.717, 1.165) is 32.5 Å². The molecule has 6 nitrogen and oxygen atoms in total. The number of benzene rings is 1. The van der Waals surface area contributed by atoms with Crippen molar-refractivity contribution in [1.29, 1.82) is 0 Å². The Morgan fingerprint density at radius 3 is 2.52 bits per heavy atom. The number of aromatic hydroxyl groups is 2. The van der Waals surface area contributed by atoms with Crippen LogP contribution in [0.5, 0.6) is 11.5 Å². The lowest BCUT2D eigenvalue weighted by Gasteiger charge is -2.22. The highest BCUT2D eigenvalue weighted by molar-refractivity contribution is 5.96. The maximum Gasteiger partial charge on any atom is 0.255 e. The number of hydrogen-bond acceptors (Lipinski definition) is 5. The lowest BCUT2D eigenvalue weighted by Crippen LogP contribution is -2.36. The number of carbonyl (C=O) groups excluding carboxylic acids is 1. The summed E-state index contributed by atoms with van der Waals surface area (Å²) in [7, 11) is 0. The molecule has 1 fully saturated rings. The number of phenolic OH excluding ortho intramolecular Hbond substituents is 2. The van der Waals surface area contributed by atoms with Crippen LogP contribution in [0.25, 0.3) is 0 Å². The van der Waals surface area contributed by atoms with Gasteiger partial charge in [-0.2, -0.15) is 0 Å². The first kappa shape index (κ1) is 19.5. The summed E-state index contributed by atoms with van der Waals surface area (Å²) in [6.07, 6.45) is 8.61. The van der Waals surface area contributed by atoms with E-state index in [0.29, 0.717) is 12.6 Å². The van der Waals surface area contributed by atoms with E-state index in [1.165, 1.54) is 50.3 Å². The number of carbonyl (C=O) groups is 1. The second-order valence-electron chi connectivity index (χ2n) is 6.70. The van der Waals surface area contributed by atoms with Crippen molar-refractivity contribution in [2.24, 2.45) is 0 Å². The van der Waals surface area contributed by atoms with Crippen LogP contribution in [0.3, 0.4) is 0 Å². The standard InChI is InChI=1S/C19H31N3O3/c23-16-8-9-17(18(24)14-16)19(25)22-11-5-4-10-20-12-13-21-15-6-2-1-3-7-15/h8-9,14-15,20-21,23-24H,1-7,10-13H2,(H,22,25). The summed E-state index contributed by atoms with van der Waals surface area (Å²) < 4.78 is 0. The summed E-state index contributed by atoms with van der Waals surface area (Å²) in [6.45, 7) is 3.50. The summed E-state index contributed by atoms with van der Waals surface area (Å²) in [6, 6.07) is 4.68. The van der Waals surface area contributed by atoms with Gasteiger partial charge < -0.3 is 26.2 Å². The van der Waals surface area contributed by atoms with Crippen LogP contribution in [-0.2, 0) is 0 Å². The van der Waals surface area contributed by atoms with E-state index >= 15 is 0 Å². The van der Waals surface area contributed by atoms with Gasteiger partial charge in [0.25, 0.3) is 5.91 Å². The van der Waals surface area contributed by atoms with Crippen LogP contribution >= 0.6 is 0 Å². The molecule has 1 saturated carbocycles. The van der Waals surface area contributed by atoms with Gasteiger partial charge in [0.15, 0.2) is 0 Å². The lowest BCUT2D eigenvalue weighted by molar-refractivity contribution is 0.0950. The summed E-state index contributed by atoms with van der Waals surface area (Å²) in [5.74, 6) is -0.579. The van der Waals surface area contributed by atoms with Crippen LogP contribution in [0, 0.1) is 0 Å². The van der Waals surface area contributed by atoms with Crippen LogP contribution in [0.1, 0.15) is 55.3 Å².